The maximum absolute atomic E-state index is 13.0. The standard InChI is InChI=1S/C21H19BrN4O3/c1-21(10-9-14-5-3-2-4-6-14)19(28)26(20(29)24-21)13-16-11-18(27)25-12-15(22)7-8-17(25)23-16/h2-8,11-12H,9-10,13H2,1H3,(H,24,29)/t21-/m0/s1. The van der Waals surface area contributed by atoms with E-state index in [2.05, 4.69) is 26.2 Å². The highest BCUT2D eigenvalue weighted by atomic mass is 79.9. The van der Waals surface area contributed by atoms with E-state index >= 15 is 0 Å². The Morgan fingerprint density at radius 3 is 2.62 bits per heavy atom. The number of aromatic nitrogens is 2. The molecule has 1 aliphatic rings. The van der Waals surface area contributed by atoms with E-state index in [1.807, 2.05) is 30.3 Å². The Hall–Kier alpha value is -3.00. The summed E-state index contributed by atoms with van der Waals surface area (Å²) in [6.45, 7) is 1.68. The van der Waals surface area contributed by atoms with Gasteiger partial charge in [-0.05, 0) is 53.4 Å². The molecule has 0 radical (unpaired) electrons. The molecule has 148 valence electrons. The second-order valence-corrected chi connectivity index (χ2v) is 8.22. The molecule has 0 bridgehead atoms. The molecule has 0 unspecified atom stereocenters. The van der Waals surface area contributed by atoms with Gasteiger partial charge in [0, 0.05) is 16.7 Å². The molecule has 29 heavy (non-hydrogen) atoms. The summed E-state index contributed by atoms with van der Waals surface area (Å²) in [6.07, 6.45) is 2.78. The van der Waals surface area contributed by atoms with E-state index in [-0.39, 0.29) is 18.0 Å². The maximum Gasteiger partial charge on any atom is 0.325 e. The van der Waals surface area contributed by atoms with Gasteiger partial charge in [-0.2, -0.15) is 0 Å². The second kappa shape index (κ2) is 7.44. The molecular weight excluding hydrogens is 436 g/mol. The number of carbonyl (C=O) groups excluding carboxylic acids is 2. The topological polar surface area (TPSA) is 83.8 Å². The maximum atomic E-state index is 13.0. The van der Waals surface area contributed by atoms with E-state index in [0.717, 1.165) is 14.9 Å². The van der Waals surface area contributed by atoms with Gasteiger partial charge in [0.05, 0.1) is 12.2 Å². The molecular formula is C21H19BrN4O3. The van der Waals surface area contributed by atoms with Gasteiger partial charge in [0.15, 0.2) is 0 Å². The number of amides is 3. The molecule has 1 saturated heterocycles. The second-order valence-electron chi connectivity index (χ2n) is 7.30. The highest BCUT2D eigenvalue weighted by Gasteiger charge is 2.47. The van der Waals surface area contributed by atoms with Gasteiger partial charge >= 0.3 is 6.03 Å². The molecule has 2 aromatic heterocycles. The van der Waals surface area contributed by atoms with Crippen LogP contribution in [0.3, 0.4) is 0 Å². The summed E-state index contributed by atoms with van der Waals surface area (Å²) in [5.41, 5.74) is 0.668. The lowest BCUT2D eigenvalue weighted by Gasteiger charge is -2.21. The number of urea groups is 1. The fourth-order valence-electron chi connectivity index (χ4n) is 3.47. The van der Waals surface area contributed by atoms with Crippen molar-refractivity contribution in [3.8, 4) is 0 Å². The third-order valence-electron chi connectivity index (χ3n) is 5.10. The average molecular weight is 455 g/mol. The molecule has 0 spiro atoms. The minimum Gasteiger partial charge on any atom is -0.323 e. The Kier molecular flexibility index (Phi) is 4.96. The number of nitrogens with one attached hydrogen (secondary N) is 1. The summed E-state index contributed by atoms with van der Waals surface area (Å²) >= 11 is 3.32. The third kappa shape index (κ3) is 3.80. The molecule has 3 aromatic rings. The van der Waals surface area contributed by atoms with E-state index in [9.17, 15) is 14.4 Å². The molecule has 7 nitrogen and oxygen atoms in total. The molecule has 1 aromatic carbocycles. The molecule has 1 aliphatic heterocycles. The fraction of sp³-hybridized carbons (Fsp3) is 0.238. The average Bonchev–Trinajstić information content (AvgIpc) is 2.91. The smallest absolute Gasteiger partial charge is 0.323 e. The molecule has 0 saturated carbocycles. The minimum absolute atomic E-state index is 0.0482. The number of benzene rings is 1. The largest absolute Gasteiger partial charge is 0.325 e. The SMILES string of the molecule is C[C@@]1(CCc2ccccc2)NC(=O)N(Cc2cc(=O)n3cc(Br)ccc3n2)C1=O. The van der Waals surface area contributed by atoms with Crippen LogP contribution in [0.5, 0.6) is 0 Å². The van der Waals surface area contributed by atoms with E-state index in [1.165, 1.54) is 10.5 Å². The van der Waals surface area contributed by atoms with Crippen molar-refractivity contribution < 1.29 is 9.59 Å². The zero-order valence-electron chi connectivity index (χ0n) is 15.8. The molecule has 8 heteroatoms. The van der Waals surface area contributed by atoms with Crippen molar-refractivity contribution in [2.45, 2.75) is 31.8 Å². The van der Waals surface area contributed by atoms with Crippen molar-refractivity contribution in [3.05, 3.63) is 80.8 Å². The van der Waals surface area contributed by atoms with Crippen LogP contribution in [0.2, 0.25) is 0 Å². The van der Waals surface area contributed by atoms with Crippen LogP contribution in [0.15, 0.2) is 64.0 Å². The zero-order chi connectivity index (χ0) is 20.6. The molecule has 1 fully saturated rings. The first kappa shape index (κ1) is 19.3. The van der Waals surface area contributed by atoms with Crippen LogP contribution in [0.1, 0.15) is 24.6 Å². The summed E-state index contributed by atoms with van der Waals surface area (Å²) in [6, 6.07) is 14.2. The van der Waals surface area contributed by atoms with Crippen molar-refractivity contribution in [1.82, 2.24) is 19.6 Å². The highest BCUT2D eigenvalue weighted by Crippen LogP contribution is 2.24. The Labute approximate surface area is 175 Å². The van der Waals surface area contributed by atoms with Crippen molar-refractivity contribution >= 4 is 33.5 Å². The predicted molar refractivity (Wildman–Crippen MR) is 111 cm³/mol. The number of pyridine rings is 1. The summed E-state index contributed by atoms with van der Waals surface area (Å²) in [5, 5.41) is 2.80. The lowest BCUT2D eigenvalue weighted by atomic mass is 9.93. The van der Waals surface area contributed by atoms with Gasteiger partial charge < -0.3 is 5.32 Å². The molecule has 3 heterocycles. The molecule has 1 N–H and O–H groups in total. The van der Waals surface area contributed by atoms with E-state index in [1.54, 1.807) is 25.3 Å². The Balaban J connectivity index is 1.54. The Morgan fingerprint density at radius 1 is 1.10 bits per heavy atom. The quantitative estimate of drug-likeness (QED) is 0.600. The summed E-state index contributed by atoms with van der Waals surface area (Å²) < 4.78 is 2.16. The number of imide groups is 1. The number of halogens is 1. The van der Waals surface area contributed by atoms with Crippen molar-refractivity contribution in [2.75, 3.05) is 0 Å². The number of aryl methyl sites for hydroxylation is 1. The van der Waals surface area contributed by atoms with Gasteiger partial charge in [-0.25, -0.2) is 9.78 Å². The third-order valence-corrected chi connectivity index (χ3v) is 5.57. The van der Waals surface area contributed by atoms with Crippen LogP contribution in [0, 0.1) is 0 Å². The lowest BCUT2D eigenvalue weighted by Crippen LogP contribution is -2.44. The van der Waals surface area contributed by atoms with Crippen LogP contribution in [-0.2, 0) is 17.8 Å². The van der Waals surface area contributed by atoms with Gasteiger partial charge in [0.1, 0.15) is 11.2 Å². The van der Waals surface area contributed by atoms with Crippen molar-refractivity contribution in [2.24, 2.45) is 0 Å². The van der Waals surface area contributed by atoms with Gasteiger partial charge in [0.25, 0.3) is 11.5 Å². The summed E-state index contributed by atoms with van der Waals surface area (Å²) in [7, 11) is 0. The van der Waals surface area contributed by atoms with Crippen LogP contribution < -0.4 is 10.9 Å². The molecule has 4 rings (SSSR count). The van der Waals surface area contributed by atoms with Crippen LogP contribution in [0.4, 0.5) is 4.79 Å². The van der Waals surface area contributed by atoms with E-state index < -0.39 is 11.6 Å². The fourth-order valence-corrected chi connectivity index (χ4v) is 3.81. The van der Waals surface area contributed by atoms with Crippen LogP contribution >= 0.6 is 15.9 Å². The van der Waals surface area contributed by atoms with Gasteiger partial charge in [-0.1, -0.05) is 30.3 Å². The van der Waals surface area contributed by atoms with E-state index in [0.29, 0.717) is 24.2 Å². The number of rotatable bonds is 5. The van der Waals surface area contributed by atoms with Crippen molar-refractivity contribution in [1.29, 1.82) is 0 Å². The number of hydrogen-bond donors (Lipinski definition) is 1. The molecule has 3 amide bonds. The lowest BCUT2D eigenvalue weighted by molar-refractivity contribution is -0.131. The minimum atomic E-state index is -0.982. The van der Waals surface area contributed by atoms with E-state index in [4.69, 9.17) is 0 Å². The predicted octanol–water partition coefficient (Wildman–Crippen LogP) is 2.90. The number of fused-ring (bicyclic) bond motifs is 1. The Morgan fingerprint density at radius 2 is 1.86 bits per heavy atom. The van der Waals surface area contributed by atoms with Crippen LogP contribution in [-0.4, -0.2) is 31.8 Å². The highest BCUT2D eigenvalue weighted by molar-refractivity contribution is 9.10. The zero-order valence-corrected chi connectivity index (χ0v) is 17.3. The first-order chi connectivity index (χ1) is 13.9. The molecule has 1 atom stereocenters. The van der Waals surface area contributed by atoms with Gasteiger partial charge in [0.2, 0.25) is 0 Å². The summed E-state index contributed by atoms with van der Waals surface area (Å²) in [5.74, 6) is -0.309. The Bertz CT molecular complexity index is 1160. The first-order valence-electron chi connectivity index (χ1n) is 9.22. The van der Waals surface area contributed by atoms with Crippen LogP contribution in [0.25, 0.3) is 5.65 Å². The van der Waals surface area contributed by atoms with Gasteiger partial charge in [-0.3, -0.25) is 18.9 Å². The number of hydrogen-bond acceptors (Lipinski definition) is 4. The summed E-state index contributed by atoms with van der Waals surface area (Å²) in [4.78, 5) is 43.4. The first-order valence-corrected chi connectivity index (χ1v) is 10.0. The monoisotopic (exact) mass is 454 g/mol. The molecule has 0 aliphatic carbocycles. The van der Waals surface area contributed by atoms with Crippen molar-refractivity contribution in [3.63, 3.8) is 0 Å². The number of nitrogens with zero attached hydrogens (tertiary/aromatic N) is 3. The normalized spacial score (nSPS) is 19.0. The van der Waals surface area contributed by atoms with Gasteiger partial charge in [-0.15, -0.1) is 0 Å². The number of carbonyl (C=O) groups is 2.